The zero-order chi connectivity index (χ0) is 15.8. The van der Waals surface area contributed by atoms with Gasteiger partial charge in [-0.05, 0) is 19.5 Å². The van der Waals surface area contributed by atoms with Crippen molar-refractivity contribution in [3.63, 3.8) is 0 Å². The largest absolute Gasteiger partial charge is 0.503 e. The number of aromatic nitrogens is 1. The van der Waals surface area contributed by atoms with E-state index in [0.717, 1.165) is 32.4 Å². The van der Waals surface area contributed by atoms with E-state index in [9.17, 15) is 15.0 Å². The summed E-state index contributed by atoms with van der Waals surface area (Å²) in [5.41, 5.74) is 0.787. The van der Waals surface area contributed by atoms with Crippen LogP contribution in [0.3, 0.4) is 0 Å². The highest BCUT2D eigenvalue weighted by atomic mass is 16.3. The topological polar surface area (TPSA) is 65.7 Å². The molecule has 0 bridgehead atoms. The van der Waals surface area contributed by atoms with Crippen molar-refractivity contribution in [2.45, 2.75) is 59.7 Å². The molecule has 2 N–H and O–H groups in total. The summed E-state index contributed by atoms with van der Waals surface area (Å²) >= 11 is 0. The van der Waals surface area contributed by atoms with Crippen LogP contribution in [-0.2, 0) is 19.7 Å². The van der Waals surface area contributed by atoms with Crippen molar-refractivity contribution >= 4 is 0 Å². The van der Waals surface area contributed by atoms with Crippen LogP contribution in [0.1, 0.15) is 51.4 Å². The lowest BCUT2D eigenvalue weighted by atomic mass is 10.2. The predicted octanol–water partition coefficient (Wildman–Crippen LogP) is 2.08. The number of pyridine rings is 1. The monoisotopic (exact) mass is 296 g/mol. The third-order valence-corrected chi connectivity index (χ3v) is 3.89. The van der Waals surface area contributed by atoms with Crippen molar-refractivity contribution in [1.29, 1.82) is 0 Å². The number of rotatable bonds is 9. The van der Waals surface area contributed by atoms with Crippen LogP contribution in [-0.4, -0.2) is 32.8 Å². The molecule has 0 atom stereocenters. The van der Waals surface area contributed by atoms with Crippen LogP contribution in [0.4, 0.5) is 0 Å². The van der Waals surface area contributed by atoms with E-state index in [4.69, 9.17) is 0 Å². The second-order valence-corrected chi connectivity index (χ2v) is 5.27. The number of hydrogen-bond acceptors (Lipinski definition) is 4. The summed E-state index contributed by atoms with van der Waals surface area (Å²) in [5.74, 6) is -0.185. The first-order chi connectivity index (χ1) is 10.1. The van der Waals surface area contributed by atoms with Gasteiger partial charge in [0.05, 0.1) is 12.3 Å². The lowest BCUT2D eigenvalue weighted by molar-refractivity contribution is 0.255. The number of aliphatic hydroxyl groups excluding tert-OH is 1. The highest BCUT2D eigenvalue weighted by Gasteiger charge is 2.16. The maximum atomic E-state index is 11.9. The van der Waals surface area contributed by atoms with Gasteiger partial charge in [-0.25, -0.2) is 0 Å². The first kappa shape index (κ1) is 17.7. The van der Waals surface area contributed by atoms with E-state index in [1.165, 1.54) is 6.07 Å². The molecule has 0 aliphatic heterocycles. The maximum absolute atomic E-state index is 11.9. The Morgan fingerprint density at radius 1 is 1.19 bits per heavy atom. The first-order valence-corrected chi connectivity index (χ1v) is 7.86. The fraction of sp³-hybridized carbons (Fsp3) is 0.688. The maximum Gasteiger partial charge on any atom is 0.223 e. The summed E-state index contributed by atoms with van der Waals surface area (Å²) in [5, 5.41) is 19.7. The minimum Gasteiger partial charge on any atom is -0.503 e. The van der Waals surface area contributed by atoms with Crippen molar-refractivity contribution in [3.8, 4) is 5.75 Å². The van der Waals surface area contributed by atoms with Gasteiger partial charge >= 0.3 is 0 Å². The highest BCUT2D eigenvalue weighted by Crippen LogP contribution is 2.18. The second-order valence-electron chi connectivity index (χ2n) is 5.27. The van der Waals surface area contributed by atoms with E-state index in [-0.39, 0.29) is 12.4 Å². The van der Waals surface area contributed by atoms with Crippen molar-refractivity contribution < 1.29 is 10.2 Å². The number of aliphatic hydroxyl groups is 1. The lowest BCUT2D eigenvalue weighted by Crippen LogP contribution is -2.27. The molecule has 0 saturated heterocycles. The molecule has 0 unspecified atom stereocenters. The van der Waals surface area contributed by atoms with Crippen molar-refractivity contribution in [2.24, 2.45) is 0 Å². The van der Waals surface area contributed by atoms with E-state index >= 15 is 0 Å². The van der Waals surface area contributed by atoms with Gasteiger partial charge in [0, 0.05) is 24.8 Å². The van der Waals surface area contributed by atoms with Gasteiger partial charge in [-0.2, -0.15) is 0 Å². The zero-order valence-electron chi connectivity index (χ0n) is 13.4. The standard InChI is InChI=1S/C16H28N2O3/c1-4-7-8-9-18-13(12-19)10-15(20)16(21)14(18)11-17(5-2)6-3/h10,19,21H,4-9,11-12H2,1-3H3. The summed E-state index contributed by atoms with van der Waals surface area (Å²) < 4.78 is 1.91. The van der Waals surface area contributed by atoms with Crippen LogP contribution in [0.25, 0.3) is 0 Å². The summed E-state index contributed by atoms with van der Waals surface area (Å²) in [6.07, 6.45) is 3.16. The van der Waals surface area contributed by atoms with E-state index in [1.807, 2.05) is 4.57 Å². The van der Waals surface area contributed by atoms with Crippen molar-refractivity contribution in [3.05, 3.63) is 27.7 Å². The predicted molar refractivity (Wildman–Crippen MR) is 84.4 cm³/mol. The summed E-state index contributed by atoms with van der Waals surface area (Å²) in [4.78, 5) is 14.0. The first-order valence-electron chi connectivity index (χ1n) is 7.86. The van der Waals surface area contributed by atoms with Gasteiger partial charge in [0.15, 0.2) is 5.75 Å². The van der Waals surface area contributed by atoms with Crippen LogP contribution in [0.15, 0.2) is 10.9 Å². The molecule has 1 rings (SSSR count). The minimum atomic E-state index is -0.409. The summed E-state index contributed by atoms with van der Waals surface area (Å²) in [6.45, 7) is 8.98. The number of hydrogen-bond donors (Lipinski definition) is 2. The smallest absolute Gasteiger partial charge is 0.223 e. The van der Waals surface area contributed by atoms with Gasteiger partial charge < -0.3 is 14.8 Å². The van der Waals surface area contributed by atoms with E-state index in [0.29, 0.717) is 24.5 Å². The Bertz CT molecular complexity index is 493. The number of aromatic hydroxyl groups is 1. The molecule has 21 heavy (non-hydrogen) atoms. The Morgan fingerprint density at radius 2 is 1.86 bits per heavy atom. The van der Waals surface area contributed by atoms with Crippen molar-refractivity contribution in [2.75, 3.05) is 13.1 Å². The Morgan fingerprint density at radius 3 is 2.38 bits per heavy atom. The van der Waals surface area contributed by atoms with Gasteiger partial charge in [-0.15, -0.1) is 0 Å². The number of unbranched alkanes of at least 4 members (excludes halogenated alkanes) is 2. The van der Waals surface area contributed by atoms with Gasteiger partial charge in [-0.3, -0.25) is 9.69 Å². The fourth-order valence-corrected chi connectivity index (χ4v) is 2.49. The normalized spacial score (nSPS) is 11.3. The molecule has 1 heterocycles. The van der Waals surface area contributed by atoms with Crippen molar-refractivity contribution in [1.82, 2.24) is 9.47 Å². The Labute approximate surface area is 126 Å². The minimum absolute atomic E-state index is 0.185. The van der Waals surface area contributed by atoms with Crippen LogP contribution in [0, 0.1) is 0 Å². The Balaban J connectivity index is 3.21. The molecule has 0 amide bonds. The molecule has 5 nitrogen and oxygen atoms in total. The molecule has 1 aromatic rings. The van der Waals surface area contributed by atoms with Crippen LogP contribution >= 0.6 is 0 Å². The van der Waals surface area contributed by atoms with E-state index < -0.39 is 5.43 Å². The van der Waals surface area contributed by atoms with Crippen LogP contribution in [0.2, 0.25) is 0 Å². The molecular formula is C16H28N2O3. The van der Waals surface area contributed by atoms with Crippen LogP contribution in [0.5, 0.6) is 5.75 Å². The molecule has 120 valence electrons. The summed E-state index contributed by atoms with van der Waals surface area (Å²) in [6, 6.07) is 1.34. The molecule has 0 aromatic carbocycles. The van der Waals surface area contributed by atoms with Crippen LogP contribution < -0.4 is 5.43 Å². The number of nitrogens with zero attached hydrogens (tertiary/aromatic N) is 2. The summed E-state index contributed by atoms with van der Waals surface area (Å²) in [7, 11) is 0. The highest BCUT2D eigenvalue weighted by molar-refractivity contribution is 5.30. The lowest BCUT2D eigenvalue weighted by Gasteiger charge is -2.24. The quantitative estimate of drug-likeness (QED) is 0.685. The Kier molecular flexibility index (Phi) is 7.47. The fourth-order valence-electron chi connectivity index (χ4n) is 2.49. The SMILES string of the molecule is CCCCCn1c(CO)cc(=O)c(O)c1CN(CC)CC. The molecular weight excluding hydrogens is 268 g/mol. The molecule has 0 radical (unpaired) electrons. The average molecular weight is 296 g/mol. The van der Waals surface area contributed by atoms with E-state index in [2.05, 4.69) is 25.7 Å². The molecule has 0 spiro atoms. The molecule has 1 aromatic heterocycles. The zero-order valence-corrected chi connectivity index (χ0v) is 13.4. The van der Waals surface area contributed by atoms with Gasteiger partial charge in [-0.1, -0.05) is 33.6 Å². The third-order valence-electron chi connectivity index (χ3n) is 3.89. The molecule has 0 fully saturated rings. The molecule has 5 heteroatoms. The average Bonchev–Trinajstić information content (AvgIpc) is 2.50. The Hall–Kier alpha value is -1.33. The molecule has 0 saturated carbocycles. The molecule has 0 aliphatic carbocycles. The molecule has 0 aliphatic rings. The van der Waals surface area contributed by atoms with Gasteiger partial charge in [0.1, 0.15) is 0 Å². The van der Waals surface area contributed by atoms with Gasteiger partial charge in [0.2, 0.25) is 5.43 Å². The second kappa shape index (κ2) is 8.85. The van der Waals surface area contributed by atoms with Gasteiger partial charge in [0.25, 0.3) is 0 Å². The third kappa shape index (κ3) is 4.58. The van der Waals surface area contributed by atoms with E-state index in [1.54, 1.807) is 0 Å².